The summed E-state index contributed by atoms with van der Waals surface area (Å²) in [6.45, 7) is 4.21. The number of rotatable bonds is 8. The van der Waals surface area contributed by atoms with Gasteiger partial charge in [-0.3, -0.25) is 0 Å². The Morgan fingerprint density at radius 2 is 1.91 bits per heavy atom. The van der Waals surface area contributed by atoms with Crippen LogP contribution in [0.4, 0.5) is 0 Å². The largest absolute Gasteiger partial charge is 0.378 e. The molecule has 124 valence electrons. The summed E-state index contributed by atoms with van der Waals surface area (Å²) in [7, 11) is -3.30. The van der Waals surface area contributed by atoms with Gasteiger partial charge in [-0.05, 0) is 31.2 Å². The highest BCUT2D eigenvalue weighted by Gasteiger charge is 2.27. The van der Waals surface area contributed by atoms with Crippen LogP contribution in [0.3, 0.4) is 0 Å². The Morgan fingerprint density at radius 3 is 2.55 bits per heavy atom. The third-order valence-corrected chi connectivity index (χ3v) is 5.48. The molecule has 0 unspecified atom stereocenters. The summed E-state index contributed by atoms with van der Waals surface area (Å²) in [5.41, 5.74) is 1.27. The molecule has 0 saturated carbocycles. The second-order valence-corrected chi connectivity index (χ2v) is 7.36. The molecule has 0 amide bonds. The van der Waals surface area contributed by atoms with Crippen LogP contribution in [0.5, 0.6) is 0 Å². The molecular weight excluding hydrogens is 300 g/mol. The summed E-state index contributed by atoms with van der Waals surface area (Å²) < 4.78 is 34.1. The van der Waals surface area contributed by atoms with Gasteiger partial charge in [0.05, 0.1) is 12.7 Å². The summed E-state index contributed by atoms with van der Waals surface area (Å²) in [5, 5.41) is 0. The van der Waals surface area contributed by atoms with Gasteiger partial charge in [-0.2, -0.15) is 12.7 Å². The van der Waals surface area contributed by atoms with E-state index in [0.29, 0.717) is 26.2 Å². The fourth-order valence-electron chi connectivity index (χ4n) is 2.55. The van der Waals surface area contributed by atoms with Crippen LogP contribution in [0.15, 0.2) is 30.3 Å². The van der Waals surface area contributed by atoms with Crippen LogP contribution in [0.2, 0.25) is 0 Å². The van der Waals surface area contributed by atoms with Gasteiger partial charge in [0.1, 0.15) is 0 Å². The minimum absolute atomic E-state index is 0.168. The second-order valence-electron chi connectivity index (χ2n) is 5.60. The lowest BCUT2D eigenvalue weighted by Crippen LogP contribution is -2.46. The zero-order valence-corrected chi connectivity index (χ0v) is 14.0. The van der Waals surface area contributed by atoms with Crippen molar-refractivity contribution in [2.24, 2.45) is 0 Å². The summed E-state index contributed by atoms with van der Waals surface area (Å²) in [6, 6.07) is 10.3. The lowest BCUT2D eigenvalue weighted by atomic mass is 10.1. The first-order valence-electron chi connectivity index (χ1n) is 8.02. The Morgan fingerprint density at radius 1 is 1.23 bits per heavy atom. The van der Waals surface area contributed by atoms with Gasteiger partial charge in [0.2, 0.25) is 0 Å². The van der Waals surface area contributed by atoms with Crippen molar-refractivity contribution in [2.75, 3.05) is 26.2 Å². The molecule has 0 aliphatic carbocycles. The van der Waals surface area contributed by atoms with Crippen molar-refractivity contribution in [1.82, 2.24) is 9.03 Å². The summed E-state index contributed by atoms with van der Waals surface area (Å²) >= 11 is 0. The van der Waals surface area contributed by atoms with Crippen molar-refractivity contribution in [2.45, 2.75) is 38.7 Å². The number of nitrogens with zero attached hydrogens (tertiary/aromatic N) is 1. The summed E-state index contributed by atoms with van der Waals surface area (Å²) in [4.78, 5) is 0. The number of ether oxygens (including phenoxy) is 1. The van der Waals surface area contributed by atoms with Crippen LogP contribution in [0.1, 0.15) is 31.7 Å². The van der Waals surface area contributed by atoms with Crippen molar-refractivity contribution >= 4 is 10.2 Å². The lowest BCUT2D eigenvalue weighted by Gasteiger charge is -2.31. The molecule has 1 aromatic carbocycles. The fraction of sp³-hybridized carbons (Fsp3) is 0.625. The first kappa shape index (κ1) is 17.4. The zero-order chi connectivity index (χ0) is 15.8. The number of hydrogen-bond acceptors (Lipinski definition) is 3. The second kappa shape index (κ2) is 8.62. The molecule has 1 N–H and O–H groups in total. The topological polar surface area (TPSA) is 58.6 Å². The van der Waals surface area contributed by atoms with Crippen LogP contribution in [0.25, 0.3) is 0 Å². The van der Waals surface area contributed by atoms with E-state index in [1.165, 1.54) is 9.87 Å². The lowest BCUT2D eigenvalue weighted by molar-refractivity contribution is 0.0228. The third-order valence-electron chi connectivity index (χ3n) is 3.86. The molecule has 6 heteroatoms. The number of piperidine rings is 1. The van der Waals surface area contributed by atoms with Gasteiger partial charge in [-0.25, -0.2) is 4.72 Å². The van der Waals surface area contributed by atoms with E-state index in [9.17, 15) is 8.42 Å². The molecule has 1 aromatic rings. The molecule has 0 radical (unpaired) electrons. The highest BCUT2D eigenvalue weighted by atomic mass is 32.2. The third kappa shape index (κ3) is 5.35. The Kier molecular flexibility index (Phi) is 6.82. The molecule has 0 bridgehead atoms. The first-order chi connectivity index (χ1) is 10.6. The van der Waals surface area contributed by atoms with Gasteiger partial charge in [-0.15, -0.1) is 0 Å². The molecule has 1 saturated heterocycles. The monoisotopic (exact) mass is 326 g/mol. The molecule has 0 spiro atoms. The van der Waals surface area contributed by atoms with E-state index < -0.39 is 10.2 Å². The highest BCUT2D eigenvalue weighted by molar-refractivity contribution is 7.87. The normalized spacial score (nSPS) is 17.7. The number of nitrogens with one attached hydrogen (secondary N) is 1. The van der Waals surface area contributed by atoms with Crippen LogP contribution >= 0.6 is 0 Å². The first-order valence-corrected chi connectivity index (χ1v) is 9.46. The molecule has 5 nitrogen and oxygen atoms in total. The van der Waals surface area contributed by atoms with Gasteiger partial charge < -0.3 is 4.74 Å². The van der Waals surface area contributed by atoms with E-state index in [1.807, 2.05) is 25.1 Å². The highest BCUT2D eigenvalue weighted by Crippen LogP contribution is 2.16. The van der Waals surface area contributed by atoms with Gasteiger partial charge in [0.25, 0.3) is 10.2 Å². The Bertz CT molecular complexity index is 526. The van der Waals surface area contributed by atoms with Crippen LogP contribution in [-0.2, 0) is 21.4 Å². The maximum absolute atomic E-state index is 12.0. The molecule has 1 fully saturated rings. The minimum atomic E-state index is -3.30. The Balaban J connectivity index is 1.69. The van der Waals surface area contributed by atoms with Gasteiger partial charge in [-0.1, -0.05) is 37.3 Å². The molecule has 22 heavy (non-hydrogen) atoms. The van der Waals surface area contributed by atoms with Gasteiger partial charge in [0, 0.05) is 19.6 Å². The van der Waals surface area contributed by atoms with Gasteiger partial charge in [0.15, 0.2) is 0 Å². The van der Waals surface area contributed by atoms with Gasteiger partial charge >= 0.3 is 0 Å². The Labute approximate surface area is 133 Å². The SMILES string of the molecule is CCCNS(=O)(=O)N1CCC(OCCc2ccccc2)CC1. The Hall–Kier alpha value is -0.950. The van der Waals surface area contributed by atoms with Crippen molar-refractivity contribution in [1.29, 1.82) is 0 Å². The van der Waals surface area contributed by atoms with Crippen LogP contribution in [0, 0.1) is 0 Å². The predicted molar refractivity (Wildman–Crippen MR) is 87.9 cm³/mol. The average molecular weight is 326 g/mol. The molecule has 1 aliphatic rings. The minimum Gasteiger partial charge on any atom is -0.378 e. The van der Waals surface area contributed by atoms with E-state index >= 15 is 0 Å². The standard InChI is InChI=1S/C16H26N2O3S/c1-2-11-17-22(19,20)18-12-8-16(9-13-18)21-14-10-15-6-4-3-5-7-15/h3-7,16-17H,2,8-14H2,1H3. The van der Waals surface area contributed by atoms with E-state index in [0.717, 1.165) is 25.7 Å². The van der Waals surface area contributed by atoms with E-state index in [1.54, 1.807) is 0 Å². The fourth-order valence-corrected chi connectivity index (χ4v) is 3.89. The summed E-state index contributed by atoms with van der Waals surface area (Å²) in [5.74, 6) is 0. The molecule has 0 aromatic heterocycles. The zero-order valence-electron chi connectivity index (χ0n) is 13.2. The quantitative estimate of drug-likeness (QED) is 0.794. The molecule has 1 heterocycles. The van der Waals surface area contributed by atoms with E-state index in [-0.39, 0.29) is 6.10 Å². The predicted octanol–water partition coefficient (Wildman–Crippen LogP) is 1.95. The van der Waals surface area contributed by atoms with E-state index in [4.69, 9.17) is 4.74 Å². The molecule has 2 rings (SSSR count). The average Bonchev–Trinajstić information content (AvgIpc) is 2.54. The summed E-state index contributed by atoms with van der Waals surface area (Å²) in [6.07, 6.45) is 3.40. The van der Waals surface area contributed by atoms with Crippen molar-refractivity contribution in [3.63, 3.8) is 0 Å². The maximum atomic E-state index is 12.0. The maximum Gasteiger partial charge on any atom is 0.279 e. The smallest absolute Gasteiger partial charge is 0.279 e. The van der Waals surface area contributed by atoms with Crippen LogP contribution in [-0.4, -0.2) is 45.1 Å². The molecule has 0 atom stereocenters. The van der Waals surface area contributed by atoms with Crippen molar-refractivity contribution in [3.05, 3.63) is 35.9 Å². The van der Waals surface area contributed by atoms with Crippen LogP contribution < -0.4 is 4.72 Å². The molecule has 1 aliphatic heterocycles. The van der Waals surface area contributed by atoms with Crippen molar-refractivity contribution in [3.8, 4) is 0 Å². The van der Waals surface area contributed by atoms with Crippen molar-refractivity contribution < 1.29 is 13.2 Å². The number of hydrogen-bond donors (Lipinski definition) is 1. The van der Waals surface area contributed by atoms with E-state index in [2.05, 4.69) is 16.9 Å². The number of benzene rings is 1. The molecular formula is C16H26N2O3S.